The zero-order valence-electron chi connectivity index (χ0n) is 11.2. The van der Waals surface area contributed by atoms with Crippen LogP contribution in [-0.4, -0.2) is 23.2 Å². The second kappa shape index (κ2) is 5.87. The number of hydrogen-bond acceptors (Lipinski definition) is 3. The van der Waals surface area contributed by atoms with Crippen LogP contribution in [0.15, 0.2) is 24.3 Å². The first kappa shape index (κ1) is 14.5. The minimum Gasteiger partial charge on any atom is -0.398 e. The van der Waals surface area contributed by atoms with Crippen molar-refractivity contribution in [3.8, 4) is 0 Å². The van der Waals surface area contributed by atoms with Crippen molar-refractivity contribution in [1.29, 1.82) is 0 Å². The third-order valence-corrected chi connectivity index (χ3v) is 2.68. The van der Waals surface area contributed by atoms with E-state index in [1.807, 2.05) is 13.8 Å². The third kappa shape index (κ3) is 4.37. The van der Waals surface area contributed by atoms with Gasteiger partial charge in [-0.15, -0.1) is 0 Å². The fraction of sp³-hybridized carbons (Fsp3) is 0.500. The Morgan fingerprint density at radius 2 is 2.06 bits per heavy atom. The maximum atomic E-state index is 11.9. The molecule has 18 heavy (non-hydrogen) atoms. The van der Waals surface area contributed by atoms with Gasteiger partial charge in [-0.25, -0.2) is 0 Å². The number of para-hydroxylation sites is 1. The summed E-state index contributed by atoms with van der Waals surface area (Å²) in [6, 6.07) is 6.89. The van der Waals surface area contributed by atoms with Crippen LogP contribution in [0.25, 0.3) is 0 Å². The van der Waals surface area contributed by atoms with Crippen LogP contribution in [0.2, 0.25) is 0 Å². The summed E-state index contributed by atoms with van der Waals surface area (Å²) in [4.78, 5) is 11.9. The van der Waals surface area contributed by atoms with Gasteiger partial charge in [-0.2, -0.15) is 0 Å². The number of carbonyl (C=O) groups is 1. The molecule has 0 heterocycles. The first-order chi connectivity index (χ1) is 8.32. The molecular weight excluding hydrogens is 228 g/mol. The van der Waals surface area contributed by atoms with E-state index in [9.17, 15) is 9.90 Å². The zero-order chi connectivity index (χ0) is 13.8. The van der Waals surface area contributed by atoms with Crippen molar-refractivity contribution in [3.05, 3.63) is 29.8 Å². The number of carbonyl (C=O) groups excluding carboxylic acids is 1. The molecule has 0 spiro atoms. The Labute approximate surface area is 108 Å². The predicted octanol–water partition coefficient (Wildman–Crippen LogP) is 1.80. The molecule has 100 valence electrons. The molecule has 0 saturated heterocycles. The lowest BCUT2D eigenvalue weighted by Crippen LogP contribution is -2.41. The molecule has 4 N–H and O–H groups in total. The molecule has 1 aromatic rings. The molecule has 4 nitrogen and oxygen atoms in total. The van der Waals surface area contributed by atoms with E-state index in [0.717, 1.165) is 0 Å². The van der Waals surface area contributed by atoms with Gasteiger partial charge < -0.3 is 16.2 Å². The smallest absolute Gasteiger partial charge is 0.253 e. The minimum atomic E-state index is -0.895. The normalized spacial score (nSPS) is 14.3. The summed E-state index contributed by atoms with van der Waals surface area (Å²) in [6.45, 7) is 6.01. The summed E-state index contributed by atoms with van der Waals surface area (Å²) in [7, 11) is 0. The van der Waals surface area contributed by atoms with Crippen LogP contribution in [0.5, 0.6) is 0 Å². The number of hydrogen-bond donors (Lipinski definition) is 3. The van der Waals surface area contributed by atoms with Gasteiger partial charge in [-0.1, -0.05) is 26.0 Å². The van der Waals surface area contributed by atoms with E-state index in [1.54, 1.807) is 31.2 Å². The molecule has 1 unspecified atom stereocenters. The van der Waals surface area contributed by atoms with Gasteiger partial charge in [0.05, 0.1) is 11.2 Å². The van der Waals surface area contributed by atoms with Gasteiger partial charge in [0.1, 0.15) is 0 Å². The number of nitrogen functional groups attached to an aromatic ring is 1. The highest BCUT2D eigenvalue weighted by molar-refractivity contribution is 5.99. The SMILES string of the molecule is CC(C)CC(C)(O)CNC(=O)c1ccccc1N. The first-order valence-electron chi connectivity index (χ1n) is 6.17. The Hall–Kier alpha value is -1.55. The standard InChI is InChI=1S/C14H22N2O2/c1-10(2)8-14(3,18)9-16-13(17)11-6-4-5-7-12(11)15/h4-7,10,18H,8-9,15H2,1-3H3,(H,16,17). The molecule has 0 aromatic heterocycles. The molecule has 0 aliphatic rings. The van der Waals surface area contributed by atoms with E-state index in [0.29, 0.717) is 23.6 Å². The number of aliphatic hydroxyl groups is 1. The van der Waals surface area contributed by atoms with Crippen molar-refractivity contribution in [2.45, 2.75) is 32.8 Å². The van der Waals surface area contributed by atoms with Gasteiger partial charge in [0.15, 0.2) is 0 Å². The molecule has 0 bridgehead atoms. The number of rotatable bonds is 5. The fourth-order valence-corrected chi connectivity index (χ4v) is 2.02. The van der Waals surface area contributed by atoms with Gasteiger partial charge in [0.25, 0.3) is 5.91 Å². The first-order valence-corrected chi connectivity index (χ1v) is 6.17. The van der Waals surface area contributed by atoms with E-state index in [2.05, 4.69) is 5.32 Å². The van der Waals surface area contributed by atoms with Crippen LogP contribution >= 0.6 is 0 Å². The van der Waals surface area contributed by atoms with E-state index in [1.165, 1.54) is 0 Å². The highest BCUT2D eigenvalue weighted by Gasteiger charge is 2.23. The Morgan fingerprint density at radius 1 is 1.44 bits per heavy atom. The van der Waals surface area contributed by atoms with Crippen LogP contribution < -0.4 is 11.1 Å². The van der Waals surface area contributed by atoms with E-state index in [4.69, 9.17) is 5.73 Å². The number of benzene rings is 1. The molecule has 0 fully saturated rings. The van der Waals surface area contributed by atoms with Crippen LogP contribution in [0, 0.1) is 5.92 Å². The van der Waals surface area contributed by atoms with Crippen molar-refractivity contribution in [1.82, 2.24) is 5.32 Å². The quantitative estimate of drug-likeness (QED) is 0.697. The molecule has 1 rings (SSSR count). The van der Waals surface area contributed by atoms with Crippen LogP contribution in [0.3, 0.4) is 0 Å². The summed E-state index contributed by atoms with van der Waals surface area (Å²) in [5, 5.41) is 12.8. The van der Waals surface area contributed by atoms with Gasteiger partial charge in [0.2, 0.25) is 0 Å². The molecule has 0 radical (unpaired) electrons. The van der Waals surface area contributed by atoms with Crippen molar-refractivity contribution in [2.24, 2.45) is 5.92 Å². The summed E-state index contributed by atoms with van der Waals surface area (Å²) in [5.41, 5.74) is 5.71. The zero-order valence-corrected chi connectivity index (χ0v) is 11.2. The summed E-state index contributed by atoms with van der Waals surface area (Å²) in [6.07, 6.45) is 0.636. The van der Waals surface area contributed by atoms with Crippen LogP contribution in [-0.2, 0) is 0 Å². The average Bonchev–Trinajstić information content (AvgIpc) is 2.25. The number of amides is 1. The maximum absolute atomic E-state index is 11.9. The lowest BCUT2D eigenvalue weighted by molar-refractivity contribution is 0.0368. The second-order valence-electron chi connectivity index (χ2n) is 5.36. The number of nitrogens with one attached hydrogen (secondary N) is 1. The summed E-state index contributed by atoms with van der Waals surface area (Å²) >= 11 is 0. The third-order valence-electron chi connectivity index (χ3n) is 2.68. The highest BCUT2D eigenvalue weighted by atomic mass is 16.3. The highest BCUT2D eigenvalue weighted by Crippen LogP contribution is 2.16. The molecule has 0 aliphatic heterocycles. The molecule has 4 heteroatoms. The Bertz CT molecular complexity index is 414. The van der Waals surface area contributed by atoms with Gasteiger partial charge >= 0.3 is 0 Å². The molecule has 1 aromatic carbocycles. The van der Waals surface area contributed by atoms with Crippen LogP contribution in [0.4, 0.5) is 5.69 Å². The molecule has 0 aliphatic carbocycles. The van der Waals surface area contributed by atoms with Crippen molar-refractivity contribution in [2.75, 3.05) is 12.3 Å². The Balaban J connectivity index is 2.59. The average molecular weight is 250 g/mol. The van der Waals surface area contributed by atoms with Gasteiger partial charge in [-0.3, -0.25) is 4.79 Å². The number of anilines is 1. The summed E-state index contributed by atoms with van der Waals surface area (Å²) < 4.78 is 0. The predicted molar refractivity (Wildman–Crippen MR) is 73.3 cm³/mol. The largest absolute Gasteiger partial charge is 0.398 e. The van der Waals surface area contributed by atoms with Gasteiger partial charge in [0, 0.05) is 12.2 Å². The molecule has 0 saturated carbocycles. The van der Waals surface area contributed by atoms with Crippen molar-refractivity contribution < 1.29 is 9.90 Å². The fourth-order valence-electron chi connectivity index (χ4n) is 2.02. The maximum Gasteiger partial charge on any atom is 0.253 e. The molecule has 1 atom stereocenters. The Morgan fingerprint density at radius 3 is 2.61 bits per heavy atom. The van der Waals surface area contributed by atoms with E-state index in [-0.39, 0.29) is 12.5 Å². The van der Waals surface area contributed by atoms with Gasteiger partial charge in [-0.05, 0) is 31.4 Å². The monoisotopic (exact) mass is 250 g/mol. The van der Waals surface area contributed by atoms with Crippen LogP contribution in [0.1, 0.15) is 37.6 Å². The lowest BCUT2D eigenvalue weighted by Gasteiger charge is -2.25. The topological polar surface area (TPSA) is 75.3 Å². The van der Waals surface area contributed by atoms with E-state index < -0.39 is 5.60 Å². The minimum absolute atomic E-state index is 0.221. The van der Waals surface area contributed by atoms with Crippen molar-refractivity contribution in [3.63, 3.8) is 0 Å². The second-order valence-corrected chi connectivity index (χ2v) is 5.36. The summed E-state index contributed by atoms with van der Waals surface area (Å²) in [5.74, 6) is 0.121. The van der Waals surface area contributed by atoms with E-state index >= 15 is 0 Å². The van der Waals surface area contributed by atoms with Crippen molar-refractivity contribution >= 4 is 11.6 Å². The number of nitrogens with two attached hydrogens (primary N) is 1. The lowest BCUT2D eigenvalue weighted by atomic mass is 9.94. The Kier molecular flexibility index (Phi) is 4.73. The molecule has 1 amide bonds. The molecular formula is C14H22N2O2.